The van der Waals surface area contributed by atoms with Gasteiger partial charge in [-0.05, 0) is 24.1 Å². The van der Waals surface area contributed by atoms with E-state index in [2.05, 4.69) is 9.80 Å². The molecule has 1 aliphatic rings. The number of rotatable bonds is 12. The van der Waals surface area contributed by atoms with Crippen molar-refractivity contribution in [3.8, 4) is 0 Å². The van der Waals surface area contributed by atoms with Gasteiger partial charge in [0.2, 0.25) is 10.0 Å². The summed E-state index contributed by atoms with van der Waals surface area (Å²) in [7, 11) is -3.57. The fraction of sp³-hybridized carbons (Fsp3) is 0.458. The predicted octanol–water partition coefficient (Wildman–Crippen LogP) is 1.16. The van der Waals surface area contributed by atoms with E-state index < -0.39 is 10.0 Å². The van der Waals surface area contributed by atoms with Gasteiger partial charge in [0, 0.05) is 51.4 Å². The molecule has 2 aromatic rings. The summed E-state index contributed by atoms with van der Waals surface area (Å²) < 4.78 is 28.2. The number of aliphatic hydroxyl groups is 1. The summed E-state index contributed by atoms with van der Waals surface area (Å²) in [6.45, 7) is 5.10. The third kappa shape index (κ3) is 7.35. The average molecular weight is 475 g/mol. The molecule has 0 saturated carbocycles. The number of piperazine rings is 1. The van der Waals surface area contributed by atoms with Gasteiger partial charge in [-0.25, -0.2) is 8.42 Å². The molecule has 8 nitrogen and oxygen atoms in total. The number of anilines is 1. The molecule has 1 aliphatic heterocycles. The number of carbonyl (C=O) groups excluding carboxylic acids is 1. The Labute approximate surface area is 196 Å². The molecular formula is C24H34N4O4S. The van der Waals surface area contributed by atoms with Gasteiger partial charge in [-0.3, -0.25) is 14.0 Å². The SMILES string of the molecule is NCC(=O)c1ccc(CN(c2ccccc2)S(=O)(=O)CCN2CCN(CCCO)CC2)cc1. The van der Waals surface area contributed by atoms with Gasteiger partial charge in [0.25, 0.3) is 0 Å². The molecule has 0 amide bonds. The Morgan fingerprint density at radius 1 is 0.939 bits per heavy atom. The fourth-order valence-corrected chi connectivity index (χ4v) is 5.41. The highest BCUT2D eigenvalue weighted by Gasteiger charge is 2.25. The Kier molecular flexibility index (Phi) is 9.40. The highest BCUT2D eigenvalue weighted by molar-refractivity contribution is 7.92. The summed E-state index contributed by atoms with van der Waals surface area (Å²) in [6.07, 6.45) is 0.766. The second kappa shape index (κ2) is 12.2. The van der Waals surface area contributed by atoms with Crippen LogP contribution in [0.25, 0.3) is 0 Å². The number of para-hydroxylation sites is 1. The third-order valence-corrected chi connectivity index (χ3v) is 7.64. The molecule has 1 heterocycles. The second-order valence-electron chi connectivity index (χ2n) is 8.24. The van der Waals surface area contributed by atoms with Crippen molar-refractivity contribution in [1.29, 1.82) is 0 Å². The van der Waals surface area contributed by atoms with E-state index in [0.717, 1.165) is 44.7 Å². The smallest absolute Gasteiger partial charge is 0.236 e. The van der Waals surface area contributed by atoms with Crippen molar-refractivity contribution in [3.05, 3.63) is 65.7 Å². The number of nitrogens with two attached hydrogens (primary N) is 1. The predicted molar refractivity (Wildman–Crippen MR) is 131 cm³/mol. The van der Waals surface area contributed by atoms with E-state index in [4.69, 9.17) is 10.8 Å². The number of benzene rings is 2. The standard InChI is InChI=1S/C24H34N4O4S/c25-19-24(30)22-9-7-21(8-10-22)20-28(23-5-2-1-3-6-23)33(31,32)18-16-27-14-12-26(13-15-27)11-4-17-29/h1-3,5-10,29H,4,11-20,25H2. The van der Waals surface area contributed by atoms with Gasteiger partial charge in [-0.15, -0.1) is 0 Å². The summed E-state index contributed by atoms with van der Waals surface area (Å²) in [4.78, 5) is 16.3. The van der Waals surface area contributed by atoms with Gasteiger partial charge >= 0.3 is 0 Å². The number of hydrogen-bond donors (Lipinski definition) is 2. The van der Waals surface area contributed by atoms with Crippen LogP contribution in [0, 0.1) is 0 Å². The van der Waals surface area contributed by atoms with Crippen LogP contribution in [0.15, 0.2) is 54.6 Å². The minimum absolute atomic E-state index is 0.0300. The number of nitrogens with zero attached hydrogens (tertiary/aromatic N) is 3. The van der Waals surface area contributed by atoms with Crippen molar-refractivity contribution in [2.45, 2.75) is 13.0 Å². The molecule has 180 valence electrons. The lowest BCUT2D eigenvalue weighted by Gasteiger charge is -2.35. The maximum Gasteiger partial charge on any atom is 0.236 e. The fourth-order valence-electron chi connectivity index (χ4n) is 3.91. The molecule has 0 bridgehead atoms. The van der Waals surface area contributed by atoms with E-state index in [1.807, 2.05) is 18.2 Å². The summed E-state index contributed by atoms with van der Waals surface area (Å²) in [5.74, 6) is -0.118. The van der Waals surface area contributed by atoms with E-state index in [0.29, 0.717) is 17.8 Å². The summed E-state index contributed by atoms with van der Waals surface area (Å²) >= 11 is 0. The van der Waals surface area contributed by atoms with Gasteiger partial charge in [-0.2, -0.15) is 0 Å². The van der Waals surface area contributed by atoms with Crippen molar-refractivity contribution in [3.63, 3.8) is 0 Å². The molecule has 1 saturated heterocycles. The highest BCUT2D eigenvalue weighted by Crippen LogP contribution is 2.22. The monoisotopic (exact) mass is 474 g/mol. The van der Waals surface area contributed by atoms with Crippen LogP contribution < -0.4 is 10.0 Å². The summed E-state index contributed by atoms with van der Waals surface area (Å²) in [5, 5.41) is 9.00. The zero-order valence-electron chi connectivity index (χ0n) is 19.0. The van der Waals surface area contributed by atoms with Crippen molar-refractivity contribution in [1.82, 2.24) is 9.80 Å². The lowest BCUT2D eigenvalue weighted by atomic mass is 10.1. The first-order chi connectivity index (χ1) is 15.9. The van der Waals surface area contributed by atoms with E-state index in [1.54, 1.807) is 36.4 Å². The molecule has 1 fully saturated rings. The van der Waals surface area contributed by atoms with E-state index in [-0.39, 0.29) is 31.2 Å². The molecule has 0 radical (unpaired) electrons. The number of hydrogen-bond acceptors (Lipinski definition) is 7. The van der Waals surface area contributed by atoms with Crippen molar-refractivity contribution in [2.24, 2.45) is 5.73 Å². The zero-order valence-corrected chi connectivity index (χ0v) is 19.8. The number of sulfonamides is 1. The minimum Gasteiger partial charge on any atom is -0.396 e. The number of carbonyl (C=O) groups is 1. The van der Waals surface area contributed by atoms with Gasteiger partial charge in [0.15, 0.2) is 5.78 Å². The van der Waals surface area contributed by atoms with Crippen molar-refractivity contribution in [2.75, 3.05) is 62.5 Å². The van der Waals surface area contributed by atoms with Crippen molar-refractivity contribution < 1.29 is 18.3 Å². The van der Waals surface area contributed by atoms with Gasteiger partial charge in [0.05, 0.1) is 24.5 Å². The Hall–Kier alpha value is -2.30. The maximum absolute atomic E-state index is 13.4. The summed E-state index contributed by atoms with van der Waals surface area (Å²) in [6, 6.07) is 16.0. The first kappa shape index (κ1) is 25.3. The first-order valence-electron chi connectivity index (χ1n) is 11.4. The van der Waals surface area contributed by atoms with E-state index in [9.17, 15) is 13.2 Å². The molecule has 0 spiro atoms. The topological polar surface area (TPSA) is 107 Å². The van der Waals surface area contributed by atoms with Crippen LogP contribution in [0.1, 0.15) is 22.3 Å². The molecule has 2 aromatic carbocycles. The number of Topliss-reactive ketones (excluding diaryl/α,β-unsaturated/α-hetero) is 1. The largest absolute Gasteiger partial charge is 0.396 e. The Balaban J connectivity index is 1.67. The first-order valence-corrected chi connectivity index (χ1v) is 13.0. The molecule has 9 heteroatoms. The van der Waals surface area contributed by atoms with Crippen LogP contribution in [-0.4, -0.2) is 87.3 Å². The second-order valence-corrected chi connectivity index (χ2v) is 10.3. The maximum atomic E-state index is 13.4. The van der Waals surface area contributed by atoms with E-state index in [1.165, 1.54) is 4.31 Å². The lowest BCUT2D eigenvalue weighted by molar-refractivity contribution is 0.100. The molecule has 3 N–H and O–H groups in total. The quantitative estimate of drug-likeness (QED) is 0.445. The van der Waals surface area contributed by atoms with Gasteiger partial charge in [0.1, 0.15) is 0 Å². The van der Waals surface area contributed by atoms with Gasteiger partial charge < -0.3 is 15.7 Å². The minimum atomic E-state index is -3.57. The third-order valence-electron chi connectivity index (χ3n) is 5.93. The van der Waals surface area contributed by atoms with Crippen LogP contribution in [0.5, 0.6) is 0 Å². The number of ketones is 1. The molecule has 0 aromatic heterocycles. The number of aliphatic hydroxyl groups excluding tert-OH is 1. The molecule has 0 atom stereocenters. The Bertz CT molecular complexity index is 975. The van der Waals surface area contributed by atoms with Crippen LogP contribution in [0.3, 0.4) is 0 Å². The molecule has 3 rings (SSSR count). The van der Waals surface area contributed by atoms with Crippen LogP contribution in [0.2, 0.25) is 0 Å². The highest BCUT2D eigenvalue weighted by atomic mass is 32.2. The Morgan fingerprint density at radius 2 is 1.55 bits per heavy atom. The van der Waals surface area contributed by atoms with Crippen LogP contribution in [0.4, 0.5) is 5.69 Å². The average Bonchev–Trinajstić information content (AvgIpc) is 2.85. The molecular weight excluding hydrogens is 440 g/mol. The lowest BCUT2D eigenvalue weighted by Crippen LogP contribution is -2.48. The Morgan fingerprint density at radius 3 is 2.12 bits per heavy atom. The molecule has 0 aliphatic carbocycles. The van der Waals surface area contributed by atoms with Crippen molar-refractivity contribution >= 4 is 21.5 Å². The van der Waals surface area contributed by atoms with Crippen LogP contribution in [-0.2, 0) is 16.6 Å². The van der Waals surface area contributed by atoms with Gasteiger partial charge in [-0.1, -0.05) is 42.5 Å². The zero-order chi connectivity index (χ0) is 23.7. The molecule has 0 unspecified atom stereocenters. The van der Waals surface area contributed by atoms with Crippen LogP contribution >= 0.6 is 0 Å². The normalized spacial score (nSPS) is 15.5. The van der Waals surface area contributed by atoms with E-state index >= 15 is 0 Å². The molecule has 33 heavy (non-hydrogen) atoms. The summed E-state index contributed by atoms with van der Waals surface area (Å²) in [5.41, 5.74) is 7.37.